The lowest BCUT2D eigenvalue weighted by Gasteiger charge is -2.14. The molecule has 0 rings (SSSR count). The van der Waals surface area contributed by atoms with Crippen molar-refractivity contribution >= 4 is 17.8 Å². The van der Waals surface area contributed by atoms with Gasteiger partial charge in [0.1, 0.15) is 12.6 Å². The molecule has 0 bridgehead atoms. The van der Waals surface area contributed by atoms with Gasteiger partial charge in [0.2, 0.25) is 5.91 Å². The van der Waals surface area contributed by atoms with Crippen molar-refractivity contribution < 1.29 is 24.2 Å². The summed E-state index contributed by atoms with van der Waals surface area (Å²) in [6.07, 6.45) is 39.1. The third kappa shape index (κ3) is 30.1. The number of carbonyl (C=O) groups is 3. The molecule has 1 amide bonds. The van der Waals surface area contributed by atoms with Crippen LogP contribution in [0.5, 0.6) is 0 Å². The highest BCUT2D eigenvalue weighted by Crippen LogP contribution is 2.14. The Hall–Kier alpha value is -2.89. The zero-order chi connectivity index (χ0) is 30.9. The van der Waals surface area contributed by atoms with E-state index in [0.717, 1.165) is 64.2 Å². The number of esters is 1. The Morgan fingerprint density at radius 3 is 1.90 bits per heavy atom. The van der Waals surface area contributed by atoms with E-state index in [2.05, 4.69) is 73.8 Å². The van der Waals surface area contributed by atoms with Crippen molar-refractivity contribution in [2.24, 2.45) is 0 Å². The van der Waals surface area contributed by atoms with Gasteiger partial charge in [-0.1, -0.05) is 107 Å². The van der Waals surface area contributed by atoms with Crippen molar-refractivity contribution in [1.29, 1.82) is 0 Å². The molecule has 42 heavy (non-hydrogen) atoms. The van der Waals surface area contributed by atoms with E-state index in [1.54, 1.807) is 0 Å². The fourth-order valence-electron chi connectivity index (χ4n) is 4.23. The molecule has 238 valence electrons. The molecular weight excluding hydrogens is 526 g/mol. The molecule has 0 aliphatic heterocycles. The topological polar surface area (TPSA) is 92.7 Å². The molecule has 0 aromatic carbocycles. The van der Waals surface area contributed by atoms with E-state index in [1.807, 2.05) is 6.08 Å². The molecule has 0 heterocycles. The van der Waals surface area contributed by atoms with Gasteiger partial charge in [-0.05, 0) is 76.7 Å². The SMILES string of the molecule is CC/C=C\C/C=C\C/C=C\C/C=C\C(CCCCCC(=O)NCC(=O)O)OC(=O)CCCCCCC/C=C\CCCC. The maximum atomic E-state index is 12.5. The number of nitrogens with one attached hydrogen (secondary N) is 1. The number of carbonyl (C=O) groups excluding carboxylic acids is 2. The number of hydrogen-bond donors (Lipinski definition) is 2. The first-order chi connectivity index (χ1) is 20.5. The Kier molecular flexibility index (Phi) is 28.9. The van der Waals surface area contributed by atoms with Crippen LogP contribution >= 0.6 is 0 Å². The predicted molar refractivity (Wildman–Crippen MR) is 175 cm³/mol. The normalized spacial score (nSPS) is 12.8. The maximum absolute atomic E-state index is 12.5. The van der Waals surface area contributed by atoms with Crippen molar-refractivity contribution in [2.45, 2.75) is 142 Å². The quantitative estimate of drug-likeness (QED) is 0.0542. The monoisotopic (exact) mass is 585 g/mol. The third-order valence-electron chi connectivity index (χ3n) is 6.66. The molecule has 0 aliphatic rings. The van der Waals surface area contributed by atoms with E-state index < -0.39 is 5.97 Å². The van der Waals surface area contributed by atoms with Crippen LogP contribution < -0.4 is 5.32 Å². The van der Waals surface area contributed by atoms with Gasteiger partial charge in [-0.15, -0.1) is 0 Å². The van der Waals surface area contributed by atoms with E-state index in [-0.39, 0.29) is 24.5 Å². The number of carboxylic acids is 1. The average molecular weight is 586 g/mol. The van der Waals surface area contributed by atoms with Crippen LogP contribution in [-0.2, 0) is 19.1 Å². The first-order valence-electron chi connectivity index (χ1n) is 16.4. The van der Waals surface area contributed by atoms with E-state index >= 15 is 0 Å². The molecule has 2 N–H and O–H groups in total. The fourth-order valence-corrected chi connectivity index (χ4v) is 4.23. The van der Waals surface area contributed by atoms with Gasteiger partial charge in [-0.3, -0.25) is 14.4 Å². The van der Waals surface area contributed by atoms with Crippen LogP contribution in [0.2, 0.25) is 0 Å². The van der Waals surface area contributed by atoms with Crippen LogP contribution in [0.4, 0.5) is 0 Å². The van der Waals surface area contributed by atoms with E-state index in [1.165, 1.54) is 32.1 Å². The Bertz CT molecular complexity index is 825. The summed E-state index contributed by atoms with van der Waals surface area (Å²) in [6.45, 7) is 4.00. The Morgan fingerprint density at radius 2 is 1.24 bits per heavy atom. The van der Waals surface area contributed by atoms with Crippen molar-refractivity contribution in [3.8, 4) is 0 Å². The predicted octanol–water partition coefficient (Wildman–Crippen LogP) is 9.33. The minimum atomic E-state index is -1.04. The van der Waals surface area contributed by atoms with Crippen molar-refractivity contribution in [1.82, 2.24) is 5.32 Å². The lowest BCUT2D eigenvalue weighted by Crippen LogP contribution is -2.28. The summed E-state index contributed by atoms with van der Waals surface area (Å²) in [5.41, 5.74) is 0. The number of hydrogen-bond acceptors (Lipinski definition) is 4. The van der Waals surface area contributed by atoms with E-state index in [4.69, 9.17) is 9.84 Å². The van der Waals surface area contributed by atoms with Gasteiger partial charge in [-0.2, -0.15) is 0 Å². The molecule has 0 radical (unpaired) electrons. The van der Waals surface area contributed by atoms with Gasteiger partial charge >= 0.3 is 11.9 Å². The largest absolute Gasteiger partial charge is 0.480 e. The number of carboxylic acid groups (broad SMARTS) is 1. The summed E-state index contributed by atoms with van der Waals surface area (Å²) in [7, 11) is 0. The molecule has 1 atom stereocenters. The molecule has 0 aromatic heterocycles. The van der Waals surface area contributed by atoms with Gasteiger partial charge in [0.15, 0.2) is 0 Å². The molecule has 1 unspecified atom stereocenters. The molecule has 0 aromatic rings. The standard InChI is InChI=1S/C36H59NO5/c1-3-5-7-9-11-13-15-17-19-21-24-28-33(29-25-23-26-30-34(38)37-32-35(39)40)42-36(41)31-27-22-20-18-16-14-12-10-8-6-4-2/h5,7,10-13,17,19,24,28,33H,3-4,6,8-9,14-16,18,20-23,25-27,29-32H2,1-2H3,(H,37,38)(H,39,40)/b7-5-,12-10-,13-11-,19-17-,28-24-. The smallest absolute Gasteiger partial charge is 0.322 e. The average Bonchev–Trinajstić information content (AvgIpc) is 2.97. The van der Waals surface area contributed by atoms with Crippen LogP contribution in [0.3, 0.4) is 0 Å². The maximum Gasteiger partial charge on any atom is 0.322 e. The summed E-state index contributed by atoms with van der Waals surface area (Å²) >= 11 is 0. The highest BCUT2D eigenvalue weighted by atomic mass is 16.5. The fraction of sp³-hybridized carbons (Fsp3) is 0.639. The summed E-state index contributed by atoms with van der Waals surface area (Å²) in [5.74, 6) is -1.44. The van der Waals surface area contributed by atoms with Gasteiger partial charge in [0, 0.05) is 12.8 Å². The third-order valence-corrected chi connectivity index (χ3v) is 6.66. The van der Waals surface area contributed by atoms with E-state index in [9.17, 15) is 14.4 Å². The molecule has 6 nitrogen and oxygen atoms in total. The van der Waals surface area contributed by atoms with Crippen LogP contribution in [-0.4, -0.2) is 35.6 Å². The van der Waals surface area contributed by atoms with E-state index in [0.29, 0.717) is 25.7 Å². The minimum Gasteiger partial charge on any atom is -0.480 e. The summed E-state index contributed by atoms with van der Waals surface area (Å²) in [4.78, 5) is 34.8. The van der Waals surface area contributed by atoms with Gasteiger partial charge in [0.05, 0.1) is 0 Å². The Morgan fingerprint density at radius 1 is 0.667 bits per heavy atom. The van der Waals surface area contributed by atoms with Gasteiger partial charge < -0.3 is 15.2 Å². The number of allylic oxidation sites excluding steroid dienone is 9. The molecule has 0 saturated heterocycles. The van der Waals surface area contributed by atoms with Crippen LogP contribution in [0.1, 0.15) is 136 Å². The van der Waals surface area contributed by atoms with Crippen LogP contribution in [0.15, 0.2) is 60.8 Å². The molecule has 0 fully saturated rings. The number of unbranched alkanes of at least 4 members (excludes halogenated alkanes) is 9. The Labute approximate surface area is 256 Å². The van der Waals surface area contributed by atoms with Crippen LogP contribution in [0.25, 0.3) is 0 Å². The lowest BCUT2D eigenvalue weighted by atomic mass is 10.1. The van der Waals surface area contributed by atoms with Gasteiger partial charge in [0.25, 0.3) is 0 Å². The summed E-state index contributed by atoms with van der Waals surface area (Å²) < 4.78 is 5.81. The van der Waals surface area contributed by atoms with Gasteiger partial charge in [-0.25, -0.2) is 0 Å². The molecule has 6 heteroatoms. The molecular formula is C36H59NO5. The van der Waals surface area contributed by atoms with Crippen molar-refractivity contribution in [3.05, 3.63) is 60.8 Å². The molecule has 0 saturated carbocycles. The Balaban J connectivity index is 4.42. The van der Waals surface area contributed by atoms with Crippen molar-refractivity contribution in [2.75, 3.05) is 6.54 Å². The lowest BCUT2D eigenvalue weighted by molar-refractivity contribution is -0.147. The number of rotatable bonds is 28. The molecule has 0 spiro atoms. The second kappa shape index (κ2) is 31.1. The first kappa shape index (κ1) is 39.1. The highest BCUT2D eigenvalue weighted by Gasteiger charge is 2.12. The highest BCUT2D eigenvalue weighted by molar-refractivity contribution is 5.80. The second-order valence-corrected chi connectivity index (χ2v) is 10.7. The number of amides is 1. The summed E-state index contributed by atoms with van der Waals surface area (Å²) in [5, 5.41) is 11.0. The second-order valence-electron chi connectivity index (χ2n) is 10.7. The summed E-state index contributed by atoms with van der Waals surface area (Å²) in [6, 6.07) is 0. The van der Waals surface area contributed by atoms with Crippen molar-refractivity contribution in [3.63, 3.8) is 0 Å². The zero-order valence-corrected chi connectivity index (χ0v) is 26.6. The van der Waals surface area contributed by atoms with Crippen LogP contribution in [0, 0.1) is 0 Å². The zero-order valence-electron chi connectivity index (χ0n) is 26.6. The number of aliphatic carboxylic acids is 1. The first-order valence-corrected chi connectivity index (χ1v) is 16.4. The molecule has 0 aliphatic carbocycles. The minimum absolute atomic E-state index is 0.144. The number of ether oxygens (including phenoxy) is 1.